The van der Waals surface area contributed by atoms with Gasteiger partial charge in [0.2, 0.25) is 11.8 Å². The average molecular weight is 304 g/mol. The van der Waals surface area contributed by atoms with Crippen molar-refractivity contribution in [3.63, 3.8) is 0 Å². The van der Waals surface area contributed by atoms with Gasteiger partial charge in [0.05, 0.1) is 6.54 Å². The van der Waals surface area contributed by atoms with Crippen LogP contribution in [0.5, 0.6) is 0 Å². The van der Waals surface area contributed by atoms with Crippen molar-refractivity contribution in [2.24, 2.45) is 0 Å². The van der Waals surface area contributed by atoms with Crippen LogP contribution in [-0.4, -0.2) is 51.0 Å². The molecule has 0 aromatic carbocycles. The fourth-order valence-electron chi connectivity index (χ4n) is 4.08. The molecule has 2 atom stereocenters. The minimum absolute atomic E-state index is 0.211. The van der Waals surface area contributed by atoms with Crippen LogP contribution in [0.15, 0.2) is 4.52 Å². The minimum Gasteiger partial charge on any atom is -0.338 e. The van der Waals surface area contributed by atoms with Gasteiger partial charge in [0.1, 0.15) is 0 Å². The van der Waals surface area contributed by atoms with E-state index >= 15 is 0 Å². The molecule has 1 aromatic heterocycles. The Morgan fingerprint density at radius 3 is 2.73 bits per heavy atom. The summed E-state index contributed by atoms with van der Waals surface area (Å²) in [6.45, 7) is 4.40. The number of nitrogens with zero attached hydrogens (tertiary/aromatic N) is 4. The van der Waals surface area contributed by atoms with Crippen molar-refractivity contribution in [3.05, 3.63) is 11.7 Å². The Morgan fingerprint density at radius 1 is 1.18 bits per heavy atom. The maximum Gasteiger partial charge on any atom is 0.240 e. The van der Waals surface area contributed by atoms with Gasteiger partial charge in [0, 0.05) is 31.5 Å². The van der Waals surface area contributed by atoms with Gasteiger partial charge in [0.25, 0.3) is 0 Å². The van der Waals surface area contributed by atoms with Gasteiger partial charge >= 0.3 is 0 Å². The van der Waals surface area contributed by atoms with Crippen molar-refractivity contribution in [3.8, 4) is 0 Å². The molecule has 6 nitrogen and oxygen atoms in total. The number of aromatic nitrogens is 2. The van der Waals surface area contributed by atoms with Crippen molar-refractivity contribution in [1.29, 1.82) is 0 Å². The Morgan fingerprint density at radius 2 is 1.95 bits per heavy atom. The topological polar surface area (TPSA) is 62.5 Å². The molecule has 1 amide bonds. The first-order valence-corrected chi connectivity index (χ1v) is 8.56. The zero-order valence-corrected chi connectivity index (χ0v) is 13.2. The van der Waals surface area contributed by atoms with Crippen LogP contribution in [0.4, 0.5) is 0 Å². The first kappa shape index (κ1) is 14.2. The Balaban J connectivity index is 1.44. The number of hydrogen-bond donors (Lipinski definition) is 0. The second-order valence-corrected chi connectivity index (χ2v) is 6.92. The predicted octanol–water partition coefficient (Wildman–Crippen LogP) is 1.92. The van der Waals surface area contributed by atoms with E-state index in [1.54, 1.807) is 6.92 Å². The summed E-state index contributed by atoms with van der Waals surface area (Å²) in [6.07, 6.45) is 7.00. The quantitative estimate of drug-likeness (QED) is 0.850. The van der Waals surface area contributed by atoms with Gasteiger partial charge in [-0.2, -0.15) is 4.98 Å². The van der Waals surface area contributed by atoms with Gasteiger partial charge in [-0.15, -0.1) is 0 Å². The maximum atomic E-state index is 11.8. The standard InChI is InChI=1S/C16H24N4O2/c1-11(21)20-9-3-5-14(20)13-4-2-8-19(13)10-15-17-16(18-22-15)12-6-7-12/h12-14H,2-10H2,1H3/t13-,14+/m1/s1. The molecular formula is C16H24N4O2. The highest BCUT2D eigenvalue weighted by molar-refractivity contribution is 5.74. The van der Waals surface area contributed by atoms with E-state index in [-0.39, 0.29) is 5.91 Å². The summed E-state index contributed by atoms with van der Waals surface area (Å²) in [5, 5.41) is 4.11. The number of carbonyl (C=O) groups is 1. The molecule has 2 saturated heterocycles. The van der Waals surface area contributed by atoms with Gasteiger partial charge in [-0.25, -0.2) is 0 Å². The molecule has 0 bridgehead atoms. The average Bonchev–Trinajstić information content (AvgIpc) is 2.94. The molecule has 0 unspecified atom stereocenters. The molecule has 3 fully saturated rings. The van der Waals surface area contributed by atoms with Crippen LogP contribution >= 0.6 is 0 Å². The summed E-state index contributed by atoms with van der Waals surface area (Å²) in [5.74, 6) is 2.37. The third-order valence-corrected chi connectivity index (χ3v) is 5.33. The van der Waals surface area contributed by atoms with E-state index in [0.717, 1.165) is 50.6 Å². The SMILES string of the molecule is CC(=O)N1CCC[C@H]1[C@H]1CCCN1Cc1nc(C2CC2)no1. The number of rotatable bonds is 4. The molecule has 6 heteroatoms. The monoisotopic (exact) mass is 304 g/mol. The van der Waals surface area contributed by atoms with E-state index in [0.29, 0.717) is 18.0 Å². The fraction of sp³-hybridized carbons (Fsp3) is 0.812. The highest BCUT2D eigenvalue weighted by Gasteiger charge is 2.39. The summed E-state index contributed by atoms with van der Waals surface area (Å²) >= 11 is 0. The molecular weight excluding hydrogens is 280 g/mol. The third-order valence-electron chi connectivity index (χ3n) is 5.33. The van der Waals surface area contributed by atoms with Gasteiger partial charge in [0.15, 0.2) is 5.82 Å². The zero-order valence-electron chi connectivity index (χ0n) is 13.2. The molecule has 120 valence electrons. The summed E-state index contributed by atoms with van der Waals surface area (Å²) < 4.78 is 5.43. The van der Waals surface area contributed by atoms with Crippen LogP contribution in [0.2, 0.25) is 0 Å². The second-order valence-electron chi connectivity index (χ2n) is 6.92. The largest absolute Gasteiger partial charge is 0.338 e. The van der Waals surface area contributed by atoms with Crippen LogP contribution < -0.4 is 0 Å². The van der Waals surface area contributed by atoms with Crippen molar-refractivity contribution in [2.75, 3.05) is 13.1 Å². The van der Waals surface area contributed by atoms with E-state index in [1.165, 1.54) is 19.3 Å². The zero-order chi connectivity index (χ0) is 15.1. The lowest BCUT2D eigenvalue weighted by atomic mass is 10.0. The van der Waals surface area contributed by atoms with Crippen LogP contribution in [-0.2, 0) is 11.3 Å². The molecule has 0 radical (unpaired) electrons. The molecule has 1 aliphatic carbocycles. The normalized spacial score (nSPS) is 29.4. The minimum atomic E-state index is 0.211. The van der Waals surface area contributed by atoms with Gasteiger partial charge in [-0.3, -0.25) is 9.69 Å². The molecule has 3 aliphatic rings. The van der Waals surface area contributed by atoms with Crippen LogP contribution in [0.3, 0.4) is 0 Å². The highest BCUT2D eigenvalue weighted by Crippen LogP contribution is 2.38. The fourth-order valence-corrected chi connectivity index (χ4v) is 4.08. The van der Waals surface area contributed by atoms with E-state index in [9.17, 15) is 4.79 Å². The Kier molecular flexibility index (Phi) is 3.64. The lowest BCUT2D eigenvalue weighted by molar-refractivity contribution is -0.130. The van der Waals surface area contributed by atoms with E-state index in [4.69, 9.17) is 4.52 Å². The first-order chi connectivity index (χ1) is 10.7. The van der Waals surface area contributed by atoms with Gasteiger partial charge in [-0.1, -0.05) is 5.16 Å². The summed E-state index contributed by atoms with van der Waals surface area (Å²) in [5.41, 5.74) is 0. The summed E-state index contributed by atoms with van der Waals surface area (Å²) in [7, 11) is 0. The first-order valence-electron chi connectivity index (χ1n) is 8.56. The van der Waals surface area contributed by atoms with E-state index in [2.05, 4.69) is 19.9 Å². The molecule has 2 aliphatic heterocycles. The number of carbonyl (C=O) groups excluding carboxylic acids is 1. The molecule has 0 N–H and O–H groups in total. The summed E-state index contributed by atoms with van der Waals surface area (Å²) in [6, 6.07) is 0.813. The maximum absolute atomic E-state index is 11.8. The molecule has 1 saturated carbocycles. The van der Waals surface area contributed by atoms with Crippen LogP contribution in [0.1, 0.15) is 63.1 Å². The van der Waals surface area contributed by atoms with E-state index in [1.807, 2.05) is 0 Å². The van der Waals surface area contributed by atoms with Crippen molar-refractivity contribution in [1.82, 2.24) is 19.9 Å². The predicted molar refractivity (Wildman–Crippen MR) is 80.1 cm³/mol. The molecule has 0 spiro atoms. The highest BCUT2D eigenvalue weighted by atomic mass is 16.5. The lowest BCUT2D eigenvalue weighted by Gasteiger charge is -2.33. The third kappa shape index (κ3) is 2.64. The Bertz CT molecular complexity index is 554. The summed E-state index contributed by atoms with van der Waals surface area (Å²) in [4.78, 5) is 20.9. The van der Waals surface area contributed by atoms with E-state index < -0.39 is 0 Å². The van der Waals surface area contributed by atoms with Crippen molar-refractivity contribution < 1.29 is 9.32 Å². The lowest BCUT2D eigenvalue weighted by Crippen LogP contribution is -2.47. The van der Waals surface area contributed by atoms with Gasteiger partial charge < -0.3 is 9.42 Å². The van der Waals surface area contributed by atoms with Crippen LogP contribution in [0, 0.1) is 0 Å². The number of hydrogen-bond acceptors (Lipinski definition) is 5. The molecule has 3 heterocycles. The second kappa shape index (κ2) is 5.65. The Labute approximate surface area is 130 Å². The number of amides is 1. The van der Waals surface area contributed by atoms with Crippen LogP contribution in [0.25, 0.3) is 0 Å². The van der Waals surface area contributed by atoms with Crippen molar-refractivity contribution >= 4 is 5.91 Å². The molecule has 4 rings (SSSR count). The van der Waals surface area contributed by atoms with Gasteiger partial charge in [-0.05, 0) is 45.1 Å². The molecule has 1 aromatic rings. The molecule has 22 heavy (non-hydrogen) atoms. The smallest absolute Gasteiger partial charge is 0.240 e. The number of likely N-dealkylation sites (tertiary alicyclic amines) is 2. The van der Waals surface area contributed by atoms with Crippen molar-refractivity contribution in [2.45, 2.75) is 70.0 Å². The Hall–Kier alpha value is -1.43.